The van der Waals surface area contributed by atoms with Crippen LogP contribution in [0.2, 0.25) is 0 Å². The molecule has 6 heteroatoms. The lowest BCUT2D eigenvalue weighted by Gasteiger charge is -2.30. The van der Waals surface area contributed by atoms with E-state index in [2.05, 4.69) is 10.3 Å². The van der Waals surface area contributed by atoms with E-state index in [0.717, 1.165) is 30.7 Å². The maximum absolute atomic E-state index is 13.4. The van der Waals surface area contributed by atoms with Crippen molar-refractivity contribution < 1.29 is 13.6 Å². The average molecular weight is 345 g/mol. The molecule has 3 rings (SSSR count). The molecule has 2 atom stereocenters. The van der Waals surface area contributed by atoms with Gasteiger partial charge in [-0.1, -0.05) is 12.1 Å². The van der Waals surface area contributed by atoms with Gasteiger partial charge < -0.3 is 10.2 Å². The van der Waals surface area contributed by atoms with Crippen LogP contribution < -0.4 is 5.32 Å². The fourth-order valence-corrected chi connectivity index (χ4v) is 2.90. The number of hydrogen-bond acceptors (Lipinski definition) is 2. The number of rotatable bonds is 5. The minimum absolute atomic E-state index is 0.161. The van der Waals surface area contributed by atoms with Crippen LogP contribution in [0.3, 0.4) is 0 Å². The molecule has 0 aliphatic heterocycles. The van der Waals surface area contributed by atoms with Crippen molar-refractivity contribution in [3.8, 4) is 0 Å². The van der Waals surface area contributed by atoms with E-state index in [4.69, 9.17) is 0 Å². The average Bonchev–Trinajstić information content (AvgIpc) is 3.43. The Hall–Kier alpha value is -2.50. The van der Waals surface area contributed by atoms with Crippen LogP contribution in [0.1, 0.15) is 50.0 Å². The normalized spacial score (nSPS) is 16.2. The Labute approximate surface area is 145 Å². The van der Waals surface area contributed by atoms with Gasteiger partial charge in [0.05, 0.1) is 17.8 Å². The van der Waals surface area contributed by atoms with E-state index in [0.29, 0.717) is 5.56 Å². The largest absolute Gasteiger partial charge is 0.331 e. The van der Waals surface area contributed by atoms with Crippen molar-refractivity contribution in [3.63, 3.8) is 0 Å². The first-order valence-corrected chi connectivity index (χ1v) is 8.42. The van der Waals surface area contributed by atoms with Crippen LogP contribution in [0.25, 0.3) is 0 Å². The third-order valence-electron chi connectivity index (χ3n) is 4.49. The summed E-state index contributed by atoms with van der Waals surface area (Å²) in [7, 11) is 0. The van der Waals surface area contributed by atoms with Gasteiger partial charge in [-0.05, 0) is 56.5 Å². The third-order valence-corrected chi connectivity index (χ3v) is 4.49. The summed E-state index contributed by atoms with van der Waals surface area (Å²) in [6.07, 6.45) is 3.63. The molecule has 25 heavy (non-hydrogen) atoms. The number of benzene rings is 1. The second-order valence-corrected chi connectivity index (χ2v) is 6.41. The maximum atomic E-state index is 13.4. The summed E-state index contributed by atoms with van der Waals surface area (Å²) in [6.45, 7) is 3.70. The highest BCUT2D eigenvalue weighted by atomic mass is 19.2. The monoisotopic (exact) mass is 345 g/mol. The van der Waals surface area contributed by atoms with Gasteiger partial charge in [-0.3, -0.25) is 4.98 Å². The third kappa shape index (κ3) is 3.95. The van der Waals surface area contributed by atoms with Crippen molar-refractivity contribution in [2.45, 2.75) is 44.8 Å². The van der Waals surface area contributed by atoms with Gasteiger partial charge in [-0.2, -0.15) is 0 Å². The molecule has 1 N–H and O–H groups in total. The number of hydrogen-bond donors (Lipinski definition) is 1. The highest BCUT2D eigenvalue weighted by Crippen LogP contribution is 2.34. The van der Waals surface area contributed by atoms with E-state index < -0.39 is 17.7 Å². The SMILES string of the molecule is CC(NC(=O)N(C1CC1)C(C)c1ccccn1)c1ccc(F)c(F)c1. The Morgan fingerprint density at radius 1 is 1.20 bits per heavy atom. The number of nitrogens with one attached hydrogen (secondary N) is 1. The van der Waals surface area contributed by atoms with E-state index in [1.807, 2.05) is 25.1 Å². The van der Waals surface area contributed by atoms with Crippen LogP contribution in [-0.2, 0) is 0 Å². The highest BCUT2D eigenvalue weighted by molar-refractivity contribution is 5.76. The van der Waals surface area contributed by atoms with E-state index >= 15 is 0 Å². The quantitative estimate of drug-likeness (QED) is 0.875. The van der Waals surface area contributed by atoms with Gasteiger partial charge in [0.1, 0.15) is 0 Å². The van der Waals surface area contributed by atoms with Crippen molar-refractivity contribution >= 4 is 6.03 Å². The zero-order valence-corrected chi connectivity index (χ0v) is 14.2. The van der Waals surface area contributed by atoms with E-state index in [-0.39, 0.29) is 18.1 Å². The Balaban J connectivity index is 1.74. The van der Waals surface area contributed by atoms with Gasteiger partial charge in [-0.25, -0.2) is 13.6 Å². The van der Waals surface area contributed by atoms with Crippen LogP contribution in [0.15, 0.2) is 42.6 Å². The molecular weight excluding hydrogens is 324 g/mol. The highest BCUT2D eigenvalue weighted by Gasteiger charge is 2.37. The molecule has 1 aliphatic carbocycles. The van der Waals surface area contributed by atoms with Crippen LogP contribution in [0, 0.1) is 11.6 Å². The minimum Gasteiger partial charge on any atom is -0.331 e. The molecule has 1 aromatic carbocycles. The van der Waals surface area contributed by atoms with Gasteiger partial charge in [-0.15, -0.1) is 0 Å². The number of carbonyl (C=O) groups is 1. The van der Waals surface area contributed by atoms with Gasteiger partial charge >= 0.3 is 6.03 Å². The van der Waals surface area contributed by atoms with Gasteiger partial charge in [0.15, 0.2) is 11.6 Å². The van der Waals surface area contributed by atoms with Crippen LogP contribution in [0.4, 0.5) is 13.6 Å². The first-order valence-electron chi connectivity index (χ1n) is 8.42. The van der Waals surface area contributed by atoms with E-state index in [1.54, 1.807) is 18.0 Å². The molecule has 0 saturated heterocycles. The first-order chi connectivity index (χ1) is 12.0. The predicted molar refractivity (Wildman–Crippen MR) is 90.8 cm³/mol. The number of urea groups is 1. The molecule has 4 nitrogen and oxygen atoms in total. The minimum atomic E-state index is -0.917. The van der Waals surface area contributed by atoms with Gasteiger partial charge in [0, 0.05) is 12.2 Å². The summed E-state index contributed by atoms with van der Waals surface area (Å²) < 4.78 is 26.5. The van der Waals surface area contributed by atoms with Gasteiger partial charge in [0.2, 0.25) is 0 Å². The lowest BCUT2D eigenvalue weighted by molar-refractivity contribution is 0.170. The number of amides is 2. The zero-order valence-electron chi connectivity index (χ0n) is 14.2. The fraction of sp³-hybridized carbons (Fsp3) is 0.368. The number of carbonyl (C=O) groups excluding carboxylic acids is 1. The number of nitrogens with zero attached hydrogens (tertiary/aromatic N) is 2. The molecule has 2 aromatic rings. The Morgan fingerprint density at radius 3 is 2.56 bits per heavy atom. The van der Waals surface area contributed by atoms with Crippen molar-refractivity contribution in [1.29, 1.82) is 0 Å². The summed E-state index contributed by atoms with van der Waals surface area (Å²) >= 11 is 0. The zero-order chi connectivity index (χ0) is 18.0. The topological polar surface area (TPSA) is 45.2 Å². The molecule has 1 fully saturated rings. The summed E-state index contributed by atoms with van der Waals surface area (Å²) in [6, 6.07) is 8.66. The van der Waals surface area contributed by atoms with Crippen molar-refractivity contribution in [2.75, 3.05) is 0 Å². The molecule has 0 radical (unpaired) electrons. The first kappa shape index (κ1) is 17.3. The molecule has 1 aliphatic rings. The van der Waals surface area contributed by atoms with Crippen LogP contribution in [0.5, 0.6) is 0 Å². The standard InChI is InChI=1S/C19H21F2N3O/c1-12(14-6-9-16(20)17(21)11-14)23-19(25)24(15-7-8-15)13(2)18-5-3-4-10-22-18/h3-6,9-13,15H,7-8H2,1-2H3,(H,23,25). The molecule has 0 spiro atoms. The number of pyridine rings is 1. The Bertz CT molecular complexity index is 750. The smallest absolute Gasteiger partial charge is 0.318 e. The predicted octanol–water partition coefficient (Wildman–Crippen LogP) is 4.36. The molecule has 1 saturated carbocycles. The summed E-state index contributed by atoms with van der Waals surface area (Å²) in [5.74, 6) is -1.81. The van der Waals surface area contributed by atoms with Crippen LogP contribution >= 0.6 is 0 Å². The molecular formula is C19H21F2N3O. The van der Waals surface area contributed by atoms with Crippen molar-refractivity contribution in [2.24, 2.45) is 0 Å². The number of aromatic nitrogens is 1. The summed E-state index contributed by atoms with van der Waals surface area (Å²) in [5, 5.41) is 2.89. The lowest BCUT2D eigenvalue weighted by Crippen LogP contribution is -2.44. The molecule has 2 amide bonds. The van der Waals surface area contributed by atoms with Gasteiger partial charge in [0.25, 0.3) is 0 Å². The fourth-order valence-electron chi connectivity index (χ4n) is 2.90. The second kappa shape index (κ2) is 7.17. The van der Waals surface area contributed by atoms with E-state index in [9.17, 15) is 13.6 Å². The Kier molecular flexibility index (Phi) is 4.97. The number of halogens is 2. The van der Waals surface area contributed by atoms with Crippen LogP contribution in [-0.4, -0.2) is 22.0 Å². The summed E-state index contributed by atoms with van der Waals surface area (Å²) in [4.78, 5) is 18.9. The molecule has 1 aromatic heterocycles. The van der Waals surface area contributed by atoms with Crippen molar-refractivity contribution in [1.82, 2.24) is 15.2 Å². The second-order valence-electron chi connectivity index (χ2n) is 6.41. The molecule has 1 heterocycles. The van der Waals surface area contributed by atoms with E-state index in [1.165, 1.54) is 6.07 Å². The molecule has 132 valence electrons. The maximum Gasteiger partial charge on any atom is 0.318 e. The molecule has 2 unspecified atom stereocenters. The lowest BCUT2D eigenvalue weighted by atomic mass is 10.1. The summed E-state index contributed by atoms with van der Waals surface area (Å²) in [5.41, 5.74) is 1.35. The molecule has 0 bridgehead atoms. The Morgan fingerprint density at radius 2 is 1.96 bits per heavy atom. The van der Waals surface area contributed by atoms with Crippen molar-refractivity contribution in [3.05, 3.63) is 65.5 Å².